The molecule has 0 saturated heterocycles. The number of carboxylic acid groups (broad SMARTS) is 1. The Morgan fingerprint density at radius 1 is 1.10 bits per heavy atom. The fourth-order valence-electron chi connectivity index (χ4n) is 2.29. The number of hydrogen-bond donors (Lipinski definition) is 1. The Labute approximate surface area is 131 Å². The summed E-state index contributed by atoms with van der Waals surface area (Å²) < 4.78 is 0. The van der Waals surface area contributed by atoms with E-state index in [2.05, 4.69) is 0 Å². The summed E-state index contributed by atoms with van der Waals surface area (Å²) in [7, 11) is 0. The first-order valence-corrected chi connectivity index (χ1v) is 7.25. The molecule has 0 saturated carbocycles. The van der Waals surface area contributed by atoms with Gasteiger partial charge in [-0.05, 0) is 25.0 Å². The van der Waals surface area contributed by atoms with E-state index in [0.717, 1.165) is 0 Å². The predicted octanol–water partition coefficient (Wildman–Crippen LogP) is 3.17. The third kappa shape index (κ3) is 3.19. The molecule has 1 N–H and O–H groups in total. The number of carbonyl (C=O) groups is 3. The highest BCUT2D eigenvalue weighted by molar-refractivity contribution is 6.56. The SMILES string of the molecule is O=C(O)CCCCCN1C(=O)C(=O)c2c(Cl)ccc(Cl)c21. The molecule has 0 bridgehead atoms. The van der Waals surface area contributed by atoms with Crippen LogP contribution in [0, 0.1) is 0 Å². The second-order valence-corrected chi connectivity index (χ2v) is 5.56. The van der Waals surface area contributed by atoms with Crippen molar-refractivity contribution in [3.63, 3.8) is 0 Å². The number of unbranched alkanes of at least 4 members (excludes halogenated alkanes) is 2. The fourth-order valence-corrected chi connectivity index (χ4v) is 2.79. The number of fused-ring (bicyclic) bond motifs is 1. The van der Waals surface area contributed by atoms with Crippen LogP contribution in [0.25, 0.3) is 0 Å². The molecule has 1 aliphatic rings. The topological polar surface area (TPSA) is 74.7 Å². The first-order chi connectivity index (χ1) is 9.93. The van der Waals surface area contributed by atoms with E-state index < -0.39 is 17.7 Å². The predicted molar refractivity (Wildman–Crippen MR) is 79.2 cm³/mol. The average Bonchev–Trinajstić information content (AvgIpc) is 2.68. The minimum Gasteiger partial charge on any atom is -0.481 e. The van der Waals surface area contributed by atoms with E-state index in [9.17, 15) is 14.4 Å². The Morgan fingerprint density at radius 3 is 2.43 bits per heavy atom. The number of anilines is 1. The summed E-state index contributed by atoms with van der Waals surface area (Å²) in [6.45, 7) is 0.317. The van der Waals surface area contributed by atoms with Crippen LogP contribution in [0.1, 0.15) is 36.0 Å². The lowest BCUT2D eigenvalue weighted by Gasteiger charge is -2.17. The van der Waals surface area contributed by atoms with Crippen molar-refractivity contribution in [2.45, 2.75) is 25.7 Å². The first-order valence-electron chi connectivity index (χ1n) is 6.49. The van der Waals surface area contributed by atoms with Crippen molar-refractivity contribution in [2.24, 2.45) is 0 Å². The van der Waals surface area contributed by atoms with Crippen LogP contribution in [0.3, 0.4) is 0 Å². The zero-order chi connectivity index (χ0) is 15.6. The van der Waals surface area contributed by atoms with E-state index in [4.69, 9.17) is 28.3 Å². The summed E-state index contributed by atoms with van der Waals surface area (Å²) in [6.07, 6.45) is 1.86. The van der Waals surface area contributed by atoms with Crippen LogP contribution in [0.5, 0.6) is 0 Å². The van der Waals surface area contributed by atoms with E-state index in [1.807, 2.05) is 0 Å². The average molecular weight is 330 g/mol. The lowest BCUT2D eigenvalue weighted by molar-refractivity contribution is -0.137. The number of carboxylic acids is 1. The van der Waals surface area contributed by atoms with E-state index in [1.165, 1.54) is 11.0 Å². The third-order valence-corrected chi connectivity index (χ3v) is 3.91. The molecule has 21 heavy (non-hydrogen) atoms. The highest BCUT2D eigenvalue weighted by Crippen LogP contribution is 2.40. The van der Waals surface area contributed by atoms with Crippen LogP contribution >= 0.6 is 23.2 Å². The van der Waals surface area contributed by atoms with Gasteiger partial charge in [-0.2, -0.15) is 0 Å². The maximum atomic E-state index is 12.0. The van der Waals surface area contributed by atoms with Gasteiger partial charge in [0.25, 0.3) is 11.7 Å². The maximum absolute atomic E-state index is 12.0. The Morgan fingerprint density at radius 2 is 1.76 bits per heavy atom. The van der Waals surface area contributed by atoms with Gasteiger partial charge >= 0.3 is 5.97 Å². The van der Waals surface area contributed by atoms with Crippen molar-refractivity contribution in [1.82, 2.24) is 0 Å². The number of ketones is 1. The van der Waals surface area contributed by atoms with Crippen LogP contribution < -0.4 is 4.90 Å². The maximum Gasteiger partial charge on any atom is 0.303 e. The summed E-state index contributed by atoms with van der Waals surface area (Å²) in [6, 6.07) is 3.04. The summed E-state index contributed by atoms with van der Waals surface area (Å²) in [5.41, 5.74) is 0.511. The lowest BCUT2D eigenvalue weighted by Crippen LogP contribution is -2.30. The number of Topliss-reactive ketones (excluding diaryl/α,β-unsaturated/α-hetero) is 1. The van der Waals surface area contributed by atoms with Crippen molar-refractivity contribution < 1.29 is 19.5 Å². The number of rotatable bonds is 6. The first kappa shape index (κ1) is 15.8. The number of hydrogen-bond acceptors (Lipinski definition) is 3. The molecule has 112 valence electrons. The zero-order valence-corrected chi connectivity index (χ0v) is 12.6. The van der Waals surface area contributed by atoms with Gasteiger partial charge in [0.1, 0.15) is 0 Å². The Bertz CT molecular complexity index is 615. The van der Waals surface area contributed by atoms with Crippen LogP contribution in [0.15, 0.2) is 12.1 Å². The molecule has 0 aliphatic carbocycles. The second kappa shape index (κ2) is 6.45. The molecule has 2 rings (SSSR count). The molecule has 0 radical (unpaired) electrons. The largest absolute Gasteiger partial charge is 0.481 e. The molecule has 1 amide bonds. The minimum atomic E-state index is -0.845. The van der Waals surface area contributed by atoms with Crippen molar-refractivity contribution in [2.75, 3.05) is 11.4 Å². The van der Waals surface area contributed by atoms with E-state index in [-0.39, 0.29) is 17.0 Å². The highest BCUT2D eigenvalue weighted by atomic mass is 35.5. The molecule has 1 aromatic carbocycles. The second-order valence-electron chi connectivity index (χ2n) is 4.74. The zero-order valence-electron chi connectivity index (χ0n) is 11.1. The van der Waals surface area contributed by atoms with Gasteiger partial charge in [0.15, 0.2) is 0 Å². The smallest absolute Gasteiger partial charge is 0.303 e. The van der Waals surface area contributed by atoms with E-state index in [0.29, 0.717) is 36.5 Å². The van der Waals surface area contributed by atoms with Crippen LogP contribution in [0.4, 0.5) is 5.69 Å². The minimum absolute atomic E-state index is 0.0933. The van der Waals surface area contributed by atoms with Crippen molar-refractivity contribution in [1.29, 1.82) is 0 Å². The van der Waals surface area contributed by atoms with Gasteiger partial charge in [0.05, 0.1) is 21.3 Å². The van der Waals surface area contributed by atoms with Crippen molar-refractivity contribution in [3.05, 3.63) is 27.7 Å². The molecule has 0 unspecified atom stereocenters. The fraction of sp³-hybridized carbons (Fsp3) is 0.357. The molecule has 0 spiro atoms. The molecule has 0 atom stereocenters. The van der Waals surface area contributed by atoms with Gasteiger partial charge in [-0.1, -0.05) is 29.6 Å². The molecule has 1 aliphatic heterocycles. The monoisotopic (exact) mass is 329 g/mol. The van der Waals surface area contributed by atoms with Crippen molar-refractivity contribution in [3.8, 4) is 0 Å². The molecule has 5 nitrogen and oxygen atoms in total. The van der Waals surface area contributed by atoms with E-state index in [1.54, 1.807) is 6.07 Å². The van der Waals surface area contributed by atoms with Gasteiger partial charge in [0, 0.05) is 13.0 Å². The van der Waals surface area contributed by atoms with Gasteiger partial charge in [0.2, 0.25) is 0 Å². The summed E-state index contributed by atoms with van der Waals surface area (Å²) in [4.78, 5) is 35.7. The van der Waals surface area contributed by atoms with Crippen LogP contribution in [-0.2, 0) is 9.59 Å². The highest BCUT2D eigenvalue weighted by Gasteiger charge is 2.38. The molecule has 0 aromatic heterocycles. The molecule has 1 heterocycles. The van der Waals surface area contributed by atoms with E-state index >= 15 is 0 Å². The summed E-state index contributed by atoms with van der Waals surface area (Å²) >= 11 is 12.0. The Kier molecular flexibility index (Phi) is 4.85. The number of nitrogens with zero attached hydrogens (tertiary/aromatic N) is 1. The van der Waals surface area contributed by atoms with Gasteiger partial charge < -0.3 is 10.0 Å². The molecular formula is C14H13Cl2NO4. The Hall–Kier alpha value is -1.59. The number of benzene rings is 1. The van der Waals surface area contributed by atoms with Gasteiger partial charge in [-0.15, -0.1) is 0 Å². The molecular weight excluding hydrogens is 317 g/mol. The van der Waals surface area contributed by atoms with Crippen LogP contribution in [-0.4, -0.2) is 29.3 Å². The number of aliphatic carboxylic acids is 1. The molecule has 7 heteroatoms. The number of carbonyl (C=O) groups excluding carboxylic acids is 2. The number of amides is 1. The van der Waals surface area contributed by atoms with Gasteiger partial charge in [-0.25, -0.2) is 0 Å². The molecule has 0 fully saturated rings. The third-order valence-electron chi connectivity index (χ3n) is 3.29. The lowest BCUT2D eigenvalue weighted by atomic mass is 10.1. The standard InChI is InChI=1S/C14H13Cl2NO4/c15-8-5-6-9(16)12-11(8)13(20)14(21)17(12)7-3-1-2-4-10(18)19/h5-6H,1-4,7H2,(H,18,19). The normalized spacial score (nSPS) is 13.7. The number of halogens is 2. The quantitative estimate of drug-likeness (QED) is 0.642. The van der Waals surface area contributed by atoms with Gasteiger partial charge in [-0.3, -0.25) is 14.4 Å². The molecule has 1 aromatic rings. The Balaban J connectivity index is 2.09. The summed E-state index contributed by atoms with van der Waals surface area (Å²) in [5.74, 6) is -2.14. The van der Waals surface area contributed by atoms with Crippen LogP contribution in [0.2, 0.25) is 10.0 Å². The summed E-state index contributed by atoms with van der Waals surface area (Å²) in [5, 5.41) is 9.07. The van der Waals surface area contributed by atoms with Crippen molar-refractivity contribution >= 4 is 46.5 Å².